The number of aromatic nitrogens is 2. The molecule has 5 nitrogen and oxygen atoms in total. The van der Waals surface area contributed by atoms with Crippen LogP contribution in [0.1, 0.15) is 24.2 Å². The molecule has 1 fully saturated rings. The maximum Gasteiger partial charge on any atom is 0.153 e. The smallest absolute Gasteiger partial charge is 0.153 e. The summed E-state index contributed by atoms with van der Waals surface area (Å²) in [5.41, 5.74) is 3.17. The number of fused-ring (bicyclic) bond motifs is 1. The van der Waals surface area contributed by atoms with E-state index in [2.05, 4.69) is 9.88 Å². The largest absolute Gasteiger partial charge is 0.372 e. The minimum Gasteiger partial charge on any atom is -0.372 e. The molecular weight excluding hydrogens is 326 g/mol. The number of carbonyl (C=O) groups is 1. The Balaban J connectivity index is 1.71. The Morgan fingerprint density at radius 2 is 1.88 bits per heavy atom. The van der Waals surface area contributed by atoms with Crippen LogP contribution in [0.3, 0.4) is 0 Å². The van der Waals surface area contributed by atoms with Gasteiger partial charge in [-0.2, -0.15) is 0 Å². The molecular formula is C21H21N3O2. The number of nitrogens with zero attached hydrogens (tertiary/aromatic N) is 3. The zero-order valence-corrected chi connectivity index (χ0v) is 14.9. The van der Waals surface area contributed by atoms with Crippen molar-refractivity contribution in [2.24, 2.45) is 0 Å². The molecule has 0 N–H and O–H groups in total. The molecule has 3 heterocycles. The Morgan fingerprint density at radius 3 is 2.65 bits per heavy atom. The minimum atomic E-state index is 0.113. The molecule has 1 aliphatic heterocycles. The Morgan fingerprint density at radius 1 is 1.12 bits per heavy atom. The number of ether oxygens (including phenoxy) is 1. The van der Waals surface area contributed by atoms with Crippen LogP contribution >= 0.6 is 0 Å². The summed E-state index contributed by atoms with van der Waals surface area (Å²) in [7, 11) is 0. The van der Waals surface area contributed by atoms with E-state index < -0.39 is 0 Å². The monoisotopic (exact) mass is 347 g/mol. The van der Waals surface area contributed by atoms with Crippen LogP contribution in [-0.4, -0.2) is 41.6 Å². The average Bonchev–Trinajstić information content (AvgIpc) is 2.66. The predicted molar refractivity (Wildman–Crippen MR) is 103 cm³/mol. The third-order valence-corrected chi connectivity index (χ3v) is 4.64. The van der Waals surface area contributed by atoms with Gasteiger partial charge in [0.25, 0.3) is 0 Å². The van der Waals surface area contributed by atoms with E-state index in [0.29, 0.717) is 11.4 Å². The number of hydrogen-bond donors (Lipinski definition) is 0. The summed E-state index contributed by atoms with van der Waals surface area (Å²) in [5, 5.41) is 1.09. The topological polar surface area (TPSA) is 55.3 Å². The number of aldehydes is 1. The van der Waals surface area contributed by atoms with Crippen molar-refractivity contribution in [3.05, 3.63) is 54.2 Å². The van der Waals surface area contributed by atoms with Crippen molar-refractivity contribution in [3.8, 4) is 11.3 Å². The van der Waals surface area contributed by atoms with Gasteiger partial charge in [-0.3, -0.25) is 4.79 Å². The second kappa shape index (κ2) is 6.84. The molecule has 3 aromatic rings. The Labute approximate surface area is 152 Å². The Hall–Kier alpha value is -2.79. The molecule has 4 rings (SSSR count). The summed E-state index contributed by atoms with van der Waals surface area (Å²) < 4.78 is 5.78. The fraction of sp³-hybridized carbons (Fsp3) is 0.286. The number of carbonyl (C=O) groups excluding carboxylic acids is 1. The molecule has 132 valence electrons. The lowest BCUT2D eigenvalue weighted by Crippen LogP contribution is -2.46. The van der Waals surface area contributed by atoms with Crippen molar-refractivity contribution in [1.82, 2.24) is 9.97 Å². The van der Waals surface area contributed by atoms with Gasteiger partial charge < -0.3 is 9.64 Å². The SMILES string of the molecule is C[C@@H]1CN(c2ncc(-c3ccc4ccccc4n3)cc2C=O)C[C@H](C)O1. The van der Waals surface area contributed by atoms with Crippen molar-refractivity contribution < 1.29 is 9.53 Å². The van der Waals surface area contributed by atoms with Crippen LogP contribution in [0.4, 0.5) is 5.82 Å². The van der Waals surface area contributed by atoms with E-state index in [0.717, 1.165) is 41.5 Å². The fourth-order valence-electron chi connectivity index (χ4n) is 3.54. The standard InChI is InChI=1S/C21H21N3O2/c1-14-11-24(12-15(2)26-14)21-18(13-25)9-17(10-22-21)20-8-7-16-5-3-4-6-19(16)23-20/h3-10,13-15H,11-12H2,1-2H3/t14-,15+. The lowest BCUT2D eigenvalue weighted by Gasteiger charge is -2.36. The summed E-state index contributed by atoms with van der Waals surface area (Å²) in [4.78, 5) is 23.1. The average molecular weight is 347 g/mol. The number of benzene rings is 1. The quantitative estimate of drug-likeness (QED) is 0.676. The molecule has 0 unspecified atom stereocenters. The second-order valence-electron chi connectivity index (χ2n) is 6.81. The first-order valence-corrected chi connectivity index (χ1v) is 8.86. The molecule has 1 saturated heterocycles. The van der Waals surface area contributed by atoms with E-state index in [1.165, 1.54) is 0 Å². The number of para-hydroxylation sites is 1. The van der Waals surface area contributed by atoms with Crippen LogP contribution in [0.25, 0.3) is 22.2 Å². The Kier molecular flexibility index (Phi) is 4.39. The number of anilines is 1. The van der Waals surface area contributed by atoms with Gasteiger partial charge in [0.2, 0.25) is 0 Å². The van der Waals surface area contributed by atoms with Crippen molar-refractivity contribution in [1.29, 1.82) is 0 Å². The van der Waals surface area contributed by atoms with E-state index >= 15 is 0 Å². The third kappa shape index (κ3) is 3.18. The summed E-state index contributed by atoms with van der Waals surface area (Å²) in [6.45, 7) is 5.53. The highest BCUT2D eigenvalue weighted by atomic mass is 16.5. The molecule has 1 aromatic carbocycles. The van der Waals surface area contributed by atoms with Crippen molar-refractivity contribution >= 4 is 23.0 Å². The van der Waals surface area contributed by atoms with E-state index in [-0.39, 0.29) is 12.2 Å². The zero-order valence-electron chi connectivity index (χ0n) is 14.9. The number of morpholine rings is 1. The lowest BCUT2D eigenvalue weighted by atomic mass is 10.1. The molecule has 0 radical (unpaired) electrons. The van der Waals surface area contributed by atoms with E-state index in [1.807, 2.05) is 56.3 Å². The van der Waals surface area contributed by atoms with Gasteiger partial charge in [-0.05, 0) is 32.0 Å². The first kappa shape index (κ1) is 16.7. The maximum atomic E-state index is 11.7. The van der Waals surface area contributed by atoms with Crippen LogP contribution in [0.5, 0.6) is 0 Å². The first-order valence-electron chi connectivity index (χ1n) is 8.86. The van der Waals surface area contributed by atoms with Gasteiger partial charge in [-0.15, -0.1) is 0 Å². The normalized spacial score (nSPS) is 20.3. The fourth-order valence-corrected chi connectivity index (χ4v) is 3.54. The van der Waals surface area contributed by atoms with Gasteiger partial charge in [0.1, 0.15) is 5.82 Å². The molecule has 5 heteroatoms. The third-order valence-electron chi connectivity index (χ3n) is 4.64. The molecule has 0 aliphatic carbocycles. The highest BCUT2D eigenvalue weighted by Gasteiger charge is 2.25. The van der Waals surface area contributed by atoms with Gasteiger partial charge in [0.05, 0.1) is 29.0 Å². The maximum absolute atomic E-state index is 11.7. The number of hydrogen-bond acceptors (Lipinski definition) is 5. The summed E-state index contributed by atoms with van der Waals surface area (Å²) in [5.74, 6) is 0.714. The molecule has 0 bridgehead atoms. The van der Waals surface area contributed by atoms with Crippen molar-refractivity contribution in [2.75, 3.05) is 18.0 Å². The summed E-state index contributed by atoms with van der Waals surface area (Å²) in [6.07, 6.45) is 2.89. The van der Waals surface area contributed by atoms with Gasteiger partial charge in [-0.25, -0.2) is 9.97 Å². The van der Waals surface area contributed by atoms with E-state index in [9.17, 15) is 4.79 Å². The first-order chi connectivity index (χ1) is 12.6. The highest BCUT2D eigenvalue weighted by Crippen LogP contribution is 2.26. The molecule has 2 atom stereocenters. The minimum absolute atomic E-state index is 0.113. The summed E-state index contributed by atoms with van der Waals surface area (Å²) >= 11 is 0. The molecule has 26 heavy (non-hydrogen) atoms. The predicted octanol–water partition coefficient (Wildman–Crippen LogP) is 3.72. The van der Waals surface area contributed by atoms with Gasteiger partial charge in [0, 0.05) is 30.2 Å². The highest BCUT2D eigenvalue weighted by molar-refractivity contribution is 5.86. The number of rotatable bonds is 3. The van der Waals surface area contributed by atoms with Gasteiger partial charge >= 0.3 is 0 Å². The zero-order chi connectivity index (χ0) is 18.1. The van der Waals surface area contributed by atoms with Crippen LogP contribution in [0.2, 0.25) is 0 Å². The molecule has 0 amide bonds. The second-order valence-corrected chi connectivity index (χ2v) is 6.81. The van der Waals surface area contributed by atoms with E-state index in [4.69, 9.17) is 9.72 Å². The van der Waals surface area contributed by atoms with Crippen LogP contribution in [0, 0.1) is 0 Å². The van der Waals surface area contributed by atoms with Crippen molar-refractivity contribution in [3.63, 3.8) is 0 Å². The molecule has 1 aliphatic rings. The number of pyridine rings is 2. The van der Waals surface area contributed by atoms with Gasteiger partial charge in [-0.1, -0.05) is 24.3 Å². The molecule has 0 saturated carbocycles. The van der Waals surface area contributed by atoms with Crippen LogP contribution in [0.15, 0.2) is 48.7 Å². The molecule has 0 spiro atoms. The molecule has 2 aromatic heterocycles. The van der Waals surface area contributed by atoms with Crippen LogP contribution < -0.4 is 4.90 Å². The van der Waals surface area contributed by atoms with Crippen LogP contribution in [-0.2, 0) is 4.74 Å². The summed E-state index contributed by atoms with van der Waals surface area (Å²) in [6, 6.07) is 13.9. The van der Waals surface area contributed by atoms with Crippen molar-refractivity contribution in [2.45, 2.75) is 26.1 Å². The lowest BCUT2D eigenvalue weighted by molar-refractivity contribution is -0.00549. The Bertz CT molecular complexity index is 947. The van der Waals surface area contributed by atoms with E-state index in [1.54, 1.807) is 6.20 Å². The van der Waals surface area contributed by atoms with Gasteiger partial charge in [0.15, 0.2) is 6.29 Å².